The minimum atomic E-state index is -0.568. The van der Waals surface area contributed by atoms with Crippen LogP contribution in [0.25, 0.3) is 0 Å². The summed E-state index contributed by atoms with van der Waals surface area (Å²) in [4.78, 5) is 25.6. The number of allylic oxidation sites excluding steroid dienone is 4. The fourth-order valence-electron chi connectivity index (χ4n) is 9.03. The Morgan fingerprint density at radius 2 is 1.78 bits per heavy atom. The van der Waals surface area contributed by atoms with Gasteiger partial charge in [-0.25, -0.2) is 4.79 Å². The largest absolute Gasteiger partial charge is 0.458 e. The van der Waals surface area contributed by atoms with E-state index in [1.807, 2.05) is 19.1 Å². The molecule has 4 heteroatoms. The quantitative estimate of drug-likeness (QED) is 0.323. The molecule has 0 aromatic rings. The Hall–Kier alpha value is -1.68. The van der Waals surface area contributed by atoms with Crippen molar-refractivity contribution in [3.8, 4) is 0 Å². The molecule has 32 heavy (non-hydrogen) atoms. The van der Waals surface area contributed by atoms with Gasteiger partial charge < -0.3 is 9.47 Å². The molecule has 0 spiro atoms. The van der Waals surface area contributed by atoms with Crippen molar-refractivity contribution >= 4 is 11.8 Å². The van der Waals surface area contributed by atoms with Gasteiger partial charge in [0.1, 0.15) is 11.7 Å². The molecule has 6 rings (SSSR count). The number of esters is 1. The standard InChI is InChI=1S/C28H36O4/c1-16-25(30)32-23-14-27(16,3)31-15-19(23)21-11-10-20-18-9-8-17-6-5-7-24(29)28(17,4)22(18)12-13-26(20,21)2/h5,7-8,18-23H,1,6,9-15H2,2-4H3/t18-,19-,20-,21+,22-,23+,26-,27+,28-/m0/s1. The first-order valence-corrected chi connectivity index (χ1v) is 12.6. The van der Waals surface area contributed by atoms with Crippen LogP contribution in [0.1, 0.15) is 65.7 Å². The second kappa shape index (κ2) is 6.68. The van der Waals surface area contributed by atoms with Gasteiger partial charge in [0.05, 0.1) is 17.6 Å². The van der Waals surface area contributed by atoms with Crippen LogP contribution in [0.5, 0.6) is 0 Å². The highest BCUT2D eigenvalue weighted by molar-refractivity contribution is 5.98. The van der Waals surface area contributed by atoms with Gasteiger partial charge in [-0.2, -0.15) is 0 Å². The van der Waals surface area contributed by atoms with Crippen molar-refractivity contribution in [2.75, 3.05) is 6.61 Å². The Bertz CT molecular complexity index is 960. The minimum absolute atomic E-state index is 0.0644. The highest BCUT2D eigenvalue weighted by Gasteiger charge is 2.62. The van der Waals surface area contributed by atoms with E-state index in [4.69, 9.17) is 9.47 Å². The number of carbonyl (C=O) groups excluding carboxylic acids is 2. The first kappa shape index (κ1) is 20.9. The summed E-state index contributed by atoms with van der Waals surface area (Å²) in [5.74, 6) is 2.46. The Balaban J connectivity index is 1.29. The van der Waals surface area contributed by atoms with Crippen LogP contribution >= 0.6 is 0 Å². The van der Waals surface area contributed by atoms with Gasteiger partial charge in [0.2, 0.25) is 0 Å². The second-order valence-corrected chi connectivity index (χ2v) is 12.1. The molecule has 2 aliphatic heterocycles. The van der Waals surface area contributed by atoms with Crippen molar-refractivity contribution in [3.05, 3.63) is 36.0 Å². The molecular formula is C28H36O4. The van der Waals surface area contributed by atoms with Crippen molar-refractivity contribution in [1.29, 1.82) is 0 Å². The van der Waals surface area contributed by atoms with E-state index in [-0.39, 0.29) is 28.8 Å². The molecule has 2 saturated carbocycles. The monoisotopic (exact) mass is 436 g/mol. The summed E-state index contributed by atoms with van der Waals surface area (Å²) in [7, 11) is 0. The summed E-state index contributed by atoms with van der Waals surface area (Å²) in [5, 5.41) is 0. The van der Waals surface area contributed by atoms with E-state index < -0.39 is 5.60 Å². The van der Waals surface area contributed by atoms with Gasteiger partial charge in [-0.3, -0.25) is 4.79 Å². The highest BCUT2D eigenvalue weighted by Crippen LogP contribution is 2.67. The Morgan fingerprint density at radius 3 is 2.56 bits per heavy atom. The number of ketones is 1. The van der Waals surface area contributed by atoms with Crippen LogP contribution in [-0.2, 0) is 19.1 Å². The Labute approximate surface area is 191 Å². The molecule has 2 saturated heterocycles. The molecule has 6 aliphatic rings. The number of ether oxygens (including phenoxy) is 2. The van der Waals surface area contributed by atoms with Gasteiger partial charge in [-0.05, 0) is 87.5 Å². The average Bonchev–Trinajstić information content (AvgIpc) is 3.10. The van der Waals surface area contributed by atoms with Crippen molar-refractivity contribution in [2.24, 2.45) is 40.4 Å². The maximum absolute atomic E-state index is 13.1. The predicted octanol–water partition coefficient (Wildman–Crippen LogP) is 5.19. The zero-order valence-corrected chi connectivity index (χ0v) is 19.7. The van der Waals surface area contributed by atoms with E-state index in [2.05, 4.69) is 26.5 Å². The summed E-state index contributed by atoms with van der Waals surface area (Å²) in [5.41, 5.74) is 1.18. The third-order valence-electron chi connectivity index (χ3n) is 11.0. The lowest BCUT2D eigenvalue weighted by atomic mass is 9.47. The van der Waals surface area contributed by atoms with Crippen molar-refractivity contribution in [2.45, 2.75) is 77.4 Å². The van der Waals surface area contributed by atoms with Gasteiger partial charge in [-0.1, -0.05) is 31.2 Å². The van der Waals surface area contributed by atoms with Crippen LogP contribution in [0.15, 0.2) is 36.0 Å². The van der Waals surface area contributed by atoms with Crippen LogP contribution in [0.2, 0.25) is 0 Å². The molecule has 172 valence electrons. The number of fused-ring (bicyclic) bond motifs is 7. The maximum atomic E-state index is 13.1. The molecule has 0 N–H and O–H groups in total. The van der Waals surface area contributed by atoms with Gasteiger partial charge >= 0.3 is 5.97 Å². The SMILES string of the molecule is C=C1C(=O)O[C@@H]2C[C@@]1(C)OC[C@H]2[C@H]1CC[C@H]2[C@@H]3CC=C4CC=CC(=O)[C@]4(C)[C@H]3CC[C@]12C. The van der Waals surface area contributed by atoms with Crippen molar-refractivity contribution < 1.29 is 19.1 Å². The Morgan fingerprint density at radius 1 is 1.03 bits per heavy atom. The van der Waals surface area contributed by atoms with E-state index in [0.29, 0.717) is 41.6 Å². The van der Waals surface area contributed by atoms with Crippen molar-refractivity contribution in [1.82, 2.24) is 0 Å². The second-order valence-electron chi connectivity index (χ2n) is 12.1. The van der Waals surface area contributed by atoms with Crippen LogP contribution < -0.4 is 0 Å². The van der Waals surface area contributed by atoms with E-state index in [0.717, 1.165) is 32.1 Å². The first-order chi connectivity index (χ1) is 15.2. The predicted molar refractivity (Wildman–Crippen MR) is 122 cm³/mol. The summed E-state index contributed by atoms with van der Waals surface area (Å²) >= 11 is 0. The molecule has 0 radical (unpaired) electrons. The number of carbonyl (C=O) groups is 2. The third kappa shape index (κ3) is 2.53. The van der Waals surface area contributed by atoms with E-state index in [1.165, 1.54) is 18.4 Å². The molecule has 0 aromatic carbocycles. The van der Waals surface area contributed by atoms with Gasteiger partial charge in [0.25, 0.3) is 0 Å². The van der Waals surface area contributed by atoms with E-state index >= 15 is 0 Å². The van der Waals surface area contributed by atoms with Gasteiger partial charge in [-0.15, -0.1) is 0 Å². The fraction of sp³-hybridized carbons (Fsp3) is 0.714. The van der Waals surface area contributed by atoms with Crippen molar-refractivity contribution in [3.63, 3.8) is 0 Å². The lowest BCUT2D eigenvalue weighted by Gasteiger charge is -2.57. The molecule has 0 unspecified atom stereocenters. The van der Waals surface area contributed by atoms with Crippen LogP contribution in [0, 0.1) is 40.4 Å². The number of hydrogen-bond donors (Lipinski definition) is 0. The van der Waals surface area contributed by atoms with Crippen LogP contribution in [0.4, 0.5) is 0 Å². The van der Waals surface area contributed by atoms with E-state index in [9.17, 15) is 9.59 Å². The van der Waals surface area contributed by atoms with Gasteiger partial charge in [0, 0.05) is 12.3 Å². The lowest BCUT2D eigenvalue weighted by Crippen LogP contribution is -2.57. The lowest BCUT2D eigenvalue weighted by molar-refractivity contribution is -0.200. The fourth-order valence-corrected chi connectivity index (χ4v) is 9.03. The number of rotatable bonds is 1. The van der Waals surface area contributed by atoms with Crippen LogP contribution in [-0.4, -0.2) is 30.1 Å². The summed E-state index contributed by atoms with van der Waals surface area (Å²) in [6.45, 7) is 11.3. The molecule has 4 aliphatic carbocycles. The normalized spacial score (nSPS) is 52.0. The minimum Gasteiger partial charge on any atom is -0.458 e. The topological polar surface area (TPSA) is 52.6 Å². The molecule has 2 bridgehead atoms. The molecule has 0 amide bonds. The average molecular weight is 437 g/mol. The molecule has 0 aromatic heterocycles. The molecule has 4 fully saturated rings. The number of hydrogen-bond acceptors (Lipinski definition) is 4. The molecular weight excluding hydrogens is 400 g/mol. The van der Waals surface area contributed by atoms with E-state index in [1.54, 1.807) is 0 Å². The zero-order chi connectivity index (χ0) is 22.5. The Kier molecular flexibility index (Phi) is 4.36. The maximum Gasteiger partial charge on any atom is 0.336 e. The smallest absolute Gasteiger partial charge is 0.336 e. The van der Waals surface area contributed by atoms with Crippen LogP contribution in [0.3, 0.4) is 0 Å². The molecule has 4 nitrogen and oxygen atoms in total. The summed E-state index contributed by atoms with van der Waals surface area (Å²) in [6.07, 6.45) is 13.7. The molecule has 9 atom stereocenters. The summed E-state index contributed by atoms with van der Waals surface area (Å²) in [6, 6.07) is 0. The first-order valence-electron chi connectivity index (χ1n) is 12.6. The van der Waals surface area contributed by atoms with Gasteiger partial charge in [0.15, 0.2) is 5.78 Å². The summed E-state index contributed by atoms with van der Waals surface area (Å²) < 4.78 is 12.2. The third-order valence-corrected chi connectivity index (χ3v) is 11.0. The zero-order valence-electron chi connectivity index (χ0n) is 19.7. The highest BCUT2D eigenvalue weighted by atomic mass is 16.6. The molecule has 2 heterocycles.